The first-order valence-corrected chi connectivity index (χ1v) is 6.75. The minimum Gasteiger partial charge on any atom is -0.480 e. The van der Waals surface area contributed by atoms with Gasteiger partial charge in [0.1, 0.15) is 6.54 Å². The smallest absolute Gasteiger partial charge is 0.323 e. The number of likely N-dealkylation sites (N-methyl/N-ethyl adjacent to an activating group) is 1. The zero-order valence-corrected chi connectivity index (χ0v) is 12.5. The van der Waals surface area contributed by atoms with E-state index in [1.165, 1.54) is 4.90 Å². The molecule has 1 aromatic rings. The van der Waals surface area contributed by atoms with Crippen LogP contribution in [0.1, 0.15) is 11.1 Å². The van der Waals surface area contributed by atoms with Gasteiger partial charge in [-0.05, 0) is 25.2 Å². The fraction of sp³-hybridized carbons (Fsp3) is 0.467. The molecular formula is C15H22N2O4. The number of aliphatic carboxylic acids is 1. The number of amides is 1. The number of aliphatic hydroxyl groups is 1. The molecule has 0 spiro atoms. The Balaban J connectivity index is 2.67. The summed E-state index contributed by atoms with van der Waals surface area (Å²) in [5.74, 6) is -1.23. The van der Waals surface area contributed by atoms with Crippen molar-refractivity contribution in [2.45, 2.75) is 13.0 Å². The van der Waals surface area contributed by atoms with Gasteiger partial charge in [-0.25, -0.2) is 0 Å². The number of hydrogen-bond acceptors (Lipinski definition) is 4. The second-order valence-corrected chi connectivity index (χ2v) is 5.16. The average molecular weight is 294 g/mol. The Labute approximate surface area is 124 Å². The zero-order valence-electron chi connectivity index (χ0n) is 12.5. The maximum absolute atomic E-state index is 12.2. The summed E-state index contributed by atoms with van der Waals surface area (Å²) >= 11 is 0. The predicted octanol–water partition coefficient (Wildman–Crippen LogP) is 0.196. The van der Waals surface area contributed by atoms with Gasteiger partial charge in [0, 0.05) is 13.1 Å². The summed E-state index contributed by atoms with van der Waals surface area (Å²) in [5.41, 5.74) is 1.58. The lowest BCUT2D eigenvalue weighted by Gasteiger charge is -2.22. The van der Waals surface area contributed by atoms with E-state index in [-0.39, 0.29) is 25.5 Å². The Morgan fingerprint density at radius 2 is 1.62 bits per heavy atom. The van der Waals surface area contributed by atoms with Crippen LogP contribution in [0.3, 0.4) is 0 Å². The van der Waals surface area contributed by atoms with E-state index < -0.39 is 5.97 Å². The summed E-state index contributed by atoms with van der Waals surface area (Å²) < 4.78 is 0. The molecule has 2 N–H and O–H groups in total. The molecule has 0 fully saturated rings. The van der Waals surface area contributed by atoms with Gasteiger partial charge in [0.25, 0.3) is 0 Å². The lowest BCUT2D eigenvalue weighted by atomic mass is 10.1. The highest BCUT2D eigenvalue weighted by atomic mass is 16.4. The molecule has 1 rings (SSSR count). The first-order valence-electron chi connectivity index (χ1n) is 6.75. The quantitative estimate of drug-likeness (QED) is 0.715. The van der Waals surface area contributed by atoms with Crippen molar-refractivity contribution < 1.29 is 19.8 Å². The van der Waals surface area contributed by atoms with Gasteiger partial charge in [-0.2, -0.15) is 0 Å². The van der Waals surface area contributed by atoms with Gasteiger partial charge in [0.05, 0.1) is 13.0 Å². The van der Waals surface area contributed by atoms with Crippen LogP contribution in [0.5, 0.6) is 0 Å². The third kappa shape index (κ3) is 6.37. The Hall–Kier alpha value is -1.92. The largest absolute Gasteiger partial charge is 0.480 e. The van der Waals surface area contributed by atoms with Gasteiger partial charge < -0.3 is 20.0 Å². The number of carbonyl (C=O) groups is 2. The van der Waals surface area contributed by atoms with Crippen LogP contribution < -0.4 is 0 Å². The first-order chi connectivity index (χ1) is 9.92. The molecule has 0 aliphatic carbocycles. The standard InChI is InChI=1S/C15H22N2O4/c1-16(2)7-8-17(10-15(20)21)14(19)9-12-3-5-13(11-18)6-4-12/h3-6,18H,7-11H2,1-2H3,(H,20,21). The fourth-order valence-corrected chi connectivity index (χ4v) is 1.82. The first kappa shape index (κ1) is 17.1. The number of carbonyl (C=O) groups excluding carboxylic acids is 1. The molecule has 6 heteroatoms. The Morgan fingerprint density at radius 1 is 1.05 bits per heavy atom. The maximum Gasteiger partial charge on any atom is 0.323 e. The molecule has 0 saturated carbocycles. The highest BCUT2D eigenvalue weighted by Gasteiger charge is 2.17. The number of aliphatic hydroxyl groups excluding tert-OH is 1. The van der Waals surface area contributed by atoms with Crippen LogP contribution in [0, 0.1) is 0 Å². The SMILES string of the molecule is CN(C)CCN(CC(=O)O)C(=O)Cc1ccc(CO)cc1. The Bertz CT molecular complexity index is 471. The van der Waals surface area contributed by atoms with Crippen molar-refractivity contribution >= 4 is 11.9 Å². The van der Waals surface area contributed by atoms with Gasteiger partial charge >= 0.3 is 5.97 Å². The van der Waals surface area contributed by atoms with Gasteiger partial charge in [-0.15, -0.1) is 0 Å². The average Bonchev–Trinajstić information content (AvgIpc) is 2.43. The van der Waals surface area contributed by atoms with Crippen molar-refractivity contribution in [3.8, 4) is 0 Å². The summed E-state index contributed by atoms with van der Waals surface area (Å²) in [6.45, 7) is 0.666. The molecule has 21 heavy (non-hydrogen) atoms. The number of carboxylic acid groups (broad SMARTS) is 1. The lowest BCUT2D eigenvalue weighted by molar-refractivity contribution is -0.144. The minimum atomic E-state index is -1.02. The van der Waals surface area contributed by atoms with Crippen LogP contribution in [0.4, 0.5) is 0 Å². The van der Waals surface area contributed by atoms with E-state index in [2.05, 4.69) is 0 Å². The van der Waals surface area contributed by atoms with E-state index in [1.807, 2.05) is 19.0 Å². The monoisotopic (exact) mass is 294 g/mol. The molecule has 6 nitrogen and oxygen atoms in total. The lowest BCUT2D eigenvalue weighted by Crippen LogP contribution is -2.40. The molecule has 0 radical (unpaired) electrons. The number of carboxylic acids is 1. The van der Waals surface area contributed by atoms with Gasteiger partial charge in [-0.1, -0.05) is 24.3 Å². The zero-order chi connectivity index (χ0) is 15.8. The number of benzene rings is 1. The van der Waals surface area contributed by atoms with E-state index in [9.17, 15) is 9.59 Å². The third-order valence-corrected chi connectivity index (χ3v) is 3.06. The van der Waals surface area contributed by atoms with Crippen LogP contribution in [0.15, 0.2) is 24.3 Å². The van der Waals surface area contributed by atoms with Crippen molar-refractivity contribution in [1.82, 2.24) is 9.80 Å². The summed E-state index contributed by atoms with van der Waals surface area (Å²) in [6, 6.07) is 7.05. The third-order valence-electron chi connectivity index (χ3n) is 3.06. The Kier molecular flexibility index (Phi) is 6.84. The summed E-state index contributed by atoms with van der Waals surface area (Å²) in [5, 5.41) is 17.9. The van der Waals surface area contributed by atoms with E-state index in [4.69, 9.17) is 10.2 Å². The van der Waals surface area contributed by atoms with E-state index in [1.54, 1.807) is 24.3 Å². The molecule has 0 atom stereocenters. The van der Waals surface area contributed by atoms with Crippen LogP contribution in [-0.2, 0) is 22.6 Å². The van der Waals surface area contributed by atoms with Gasteiger partial charge in [0.15, 0.2) is 0 Å². The highest BCUT2D eigenvalue weighted by molar-refractivity contribution is 5.83. The Morgan fingerprint density at radius 3 is 2.10 bits per heavy atom. The van der Waals surface area contributed by atoms with Crippen molar-refractivity contribution in [3.05, 3.63) is 35.4 Å². The molecule has 0 aliphatic heterocycles. The molecule has 1 amide bonds. The normalized spacial score (nSPS) is 10.7. The topological polar surface area (TPSA) is 81.1 Å². The molecular weight excluding hydrogens is 272 g/mol. The van der Waals surface area contributed by atoms with E-state index in [0.29, 0.717) is 13.1 Å². The molecule has 0 aromatic heterocycles. The minimum absolute atomic E-state index is 0.0395. The number of hydrogen-bond donors (Lipinski definition) is 2. The number of rotatable bonds is 8. The van der Waals surface area contributed by atoms with Crippen molar-refractivity contribution in [2.75, 3.05) is 33.7 Å². The second kappa shape index (κ2) is 8.39. The van der Waals surface area contributed by atoms with Crippen LogP contribution in [-0.4, -0.2) is 65.6 Å². The highest BCUT2D eigenvalue weighted by Crippen LogP contribution is 2.07. The maximum atomic E-state index is 12.2. The summed E-state index contributed by atoms with van der Waals surface area (Å²) in [4.78, 5) is 26.3. The fourth-order valence-electron chi connectivity index (χ4n) is 1.82. The molecule has 0 heterocycles. The summed E-state index contributed by atoms with van der Waals surface area (Å²) in [6.07, 6.45) is 0.159. The van der Waals surface area contributed by atoms with Crippen LogP contribution in [0.2, 0.25) is 0 Å². The second-order valence-electron chi connectivity index (χ2n) is 5.16. The van der Waals surface area contributed by atoms with E-state index in [0.717, 1.165) is 11.1 Å². The van der Waals surface area contributed by atoms with E-state index >= 15 is 0 Å². The molecule has 116 valence electrons. The van der Waals surface area contributed by atoms with Gasteiger partial charge in [0.2, 0.25) is 5.91 Å². The van der Waals surface area contributed by atoms with Crippen molar-refractivity contribution in [3.63, 3.8) is 0 Å². The van der Waals surface area contributed by atoms with Crippen molar-refractivity contribution in [1.29, 1.82) is 0 Å². The number of nitrogens with zero attached hydrogens (tertiary/aromatic N) is 2. The molecule has 0 unspecified atom stereocenters. The van der Waals surface area contributed by atoms with Crippen LogP contribution in [0.25, 0.3) is 0 Å². The molecule has 0 aliphatic rings. The molecule has 1 aromatic carbocycles. The summed E-state index contributed by atoms with van der Waals surface area (Å²) in [7, 11) is 3.74. The van der Waals surface area contributed by atoms with Gasteiger partial charge in [-0.3, -0.25) is 9.59 Å². The molecule has 0 saturated heterocycles. The predicted molar refractivity (Wildman–Crippen MR) is 78.8 cm³/mol. The molecule has 0 bridgehead atoms. The van der Waals surface area contributed by atoms with Crippen molar-refractivity contribution in [2.24, 2.45) is 0 Å². The van der Waals surface area contributed by atoms with Crippen LogP contribution >= 0.6 is 0 Å².